The Hall–Kier alpha value is -3.29. The van der Waals surface area contributed by atoms with Gasteiger partial charge < -0.3 is 15.0 Å². The largest absolute Gasteiger partial charge is 0.496 e. The smallest absolute Gasteiger partial charge is 0.227 e. The van der Waals surface area contributed by atoms with Gasteiger partial charge in [0, 0.05) is 42.5 Å². The van der Waals surface area contributed by atoms with E-state index in [2.05, 4.69) is 45.3 Å². The first-order chi connectivity index (χ1) is 17.6. The van der Waals surface area contributed by atoms with Crippen molar-refractivity contribution >= 4 is 17.4 Å². The van der Waals surface area contributed by atoms with Crippen molar-refractivity contribution in [2.24, 2.45) is 0 Å². The lowest BCUT2D eigenvalue weighted by Crippen LogP contribution is -2.35. The molecule has 0 radical (unpaired) electrons. The van der Waals surface area contributed by atoms with Crippen molar-refractivity contribution < 1.29 is 9.53 Å². The monoisotopic (exact) mass is 485 g/mol. The lowest BCUT2D eigenvalue weighted by molar-refractivity contribution is -0.123. The molecule has 3 aromatic rings. The fraction of sp³-hybridized carbons (Fsp3) is 0.414. The fourth-order valence-electron chi connectivity index (χ4n) is 5.35. The molecule has 0 aliphatic carbocycles. The molecular formula is C29H35N5O2. The molecule has 2 aliphatic heterocycles. The molecular weight excluding hydrogens is 450 g/mol. The molecule has 1 aromatic heterocycles. The number of nitrogens with zero attached hydrogens (tertiary/aromatic N) is 4. The van der Waals surface area contributed by atoms with E-state index in [1.807, 2.05) is 30.3 Å². The number of aromatic nitrogens is 2. The van der Waals surface area contributed by atoms with Gasteiger partial charge in [0.05, 0.1) is 18.8 Å². The number of fused-ring (bicyclic) bond motifs is 8. The first-order valence-electron chi connectivity index (χ1n) is 12.9. The normalized spacial score (nSPS) is 19.8. The number of hydrogen-bond acceptors (Lipinski definition) is 7. The van der Waals surface area contributed by atoms with Gasteiger partial charge in [-0.2, -0.15) is 0 Å². The van der Waals surface area contributed by atoms with Crippen molar-refractivity contribution in [3.05, 3.63) is 65.9 Å². The number of carbonyl (C=O) groups is 1. The van der Waals surface area contributed by atoms with Gasteiger partial charge in [0.25, 0.3) is 0 Å². The SMILES string of the molecule is COc1ccc2cc1CN(C)CCCCC(=O)[C@@H]1CCCN1Cc1cccc(c1)Nc1nccc-2n1. The number of ether oxygens (including phenoxy) is 1. The summed E-state index contributed by atoms with van der Waals surface area (Å²) in [6.07, 6.45) is 6.41. The molecule has 1 saturated heterocycles. The summed E-state index contributed by atoms with van der Waals surface area (Å²) in [4.78, 5) is 27.0. The average molecular weight is 486 g/mol. The van der Waals surface area contributed by atoms with Gasteiger partial charge in [0.15, 0.2) is 0 Å². The average Bonchev–Trinajstić information content (AvgIpc) is 3.34. The van der Waals surface area contributed by atoms with Gasteiger partial charge in [0.1, 0.15) is 11.5 Å². The standard InChI is InChI=1S/C29H35N5O2/c1-33-15-4-3-10-27(35)26-9-6-16-34(26)19-21-7-5-8-24(17-21)31-29-30-14-13-25(32-29)22-11-12-28(36-2)23(18-22)20-33/h5,7-8,11-14,17-18,26H,3-4,6,9-10,15-16,19-20H2,1-2H3,(H,30,31,32)/t26-/m0/s1. The van der Waals surface area contributed by atoms with Crippen molar-refractivity contribution in [1.82, 2.24) is 19.8 Å². The minimum Gasteiger partial charge on any atom is -0.496 e. The Morgan fingerprint density at radius 2 is 1.94 bits per heavy atom. The van der Waals surface area contributed by atoms with E-state index in [1.54, 1.807) is 13.3 Å². The highest BCUT2D eigenvalue weighted by Gasteiger charge is 2.30. The van der Waals surface area contributed by atoms with Crippen molar-refractivity contribution in [1.29, 1.82) is 0 Å². The predicted octanol–water partition coefficient (Wildman–Crippen LogP) is 5.05. The second kappa shape index (κ2) is 11.2. The minimum absolute atomic E-state index is 0.0388. The van der Waals surface area contributed by atoms with Gasteiger partial charge in [-0.1, -0.05) is 12.1 Å². The van der Waals surface area contributed by atoms with Crippen LogP contribution in [0.2, 0.25) is 0 Å². The van der Waals surface area contributed by atoms with Gasteiger partial charge in [-0.25, -0.2) is 9.97 Å². The third-order valence-electron chi connectivity index (χ3n) is 7.19. The number of carbonyl (C=O) groups excluding carboxylic acids is 1. The van der Waals surface area contributed by atoms with Gasteiger partial charge in [-0.3, -0.25) is 9.69 Å². The van der Waals surface area contributed by atoms with Gasteiger partial charge >= 0.3 is 0 Å². The summed E-state index contributed by atoms with van der Waals surface area (Å²) < 4.78 is 5.65. The summed E-state index contributed by atoms with van der Waals surface area (Å²) in [6.45, 7) is 3.46. The number of ketones is 1. The maximum Gasteiger partial charge on any atom is 0.227 e. The lowest BCUT2D eigenvalue weighted by atomic mass is 10.0. The Kier molecular flexibility index (Phi) is 7.58. The second-order valence-electron chi connectivity index (χ2n) is 9.91. The number of nitrogens with one attached hydrogen (secondary N) is 1. The summed E-state index contributed by atoms with van der Waals surface area (Å²) in [5.74, 6) is 1.81. The van der Waals surface area contributed by atoms with Crippen LogP contribution in [0.1, 0.15) is 43.2 Å². The number of Topliss-reactive ketones (excluding diaryl/α,β-unsaturated/α-hetero) is 1. The summed E-state index contributed by atoms with van der Waals surface area (Å²) in [7, 11) is 3.83. The maximum absolute atomic E-state index is 13.1. The summed E-state index contributed by atoms with van der Waals surface area (Å²) in [5, 5.41) is 3.37. The molecule has 7 nitrogen and oxygen atoms in total. The Balaban J connectivity index is 1.47. The first kappa shape index (κ1) is 24.4. The van der Waals surface area contributed by atoms with E-state index in [-0.39, 0.29) is 6.04 Å². The molecule has 36 heavy (non-hydrogen) atoms. The highest BCUT2D eigenvalue weighted by molar-refractivity contribution is 5.84. The molecule has 1 atom stereocenters. The number of methoxy groups -OCH3 is 1. The van der Waals surface area contributed by atoms with E-state index in [9.17, 15) is 4.79 Å². The molecule has 0 unspecified atom stereocenters. The summed E-state index contributed by atoms with van der Waals surface area (Å²) in [6, 6.07) is 16.5. The lowest BCUT2D eigenvalue weighted by Gasteiger charge is -2.24. The molecule has 0 amide bonds. The van der Waals surface area contributed by atoms with Crippen molar-refractivity contribution in [2.45, 2.75) is 51.2 Å². The van der Waals surface area contributed by atoms with E-state index in [0.717, 1.165) is 80.1 Å². The van der Waals surface area contributed by atoms with Crippen LogP contribution in [0.3, 0.4) is 0 Å². The topological polar surface area (TPSA) is 70.6 Å². The minimum atomic E-state index is 0.0388. The maximum atomic E-state index is 13.1. The van der Waals surface area contributed by atoms with E-state index in [4.69, 9.17) is 9.72 Å². The molecule has 6 bridgehead atoms. The predicted molar refractivity (Wildman–Crippen MR) is 142 cm³/mol. The number of rotatable bonds is 1. The van der Waals surface area contributed by atoms with Crippen molar-refractivity contribution in [2.75, 3.05) is 32.6 Å². The Bertz CT molecular complexity index is 1210. The van der Waals surface area contributed by atoms with Crippen LogP contribution in [0.4, 0.5) is 11.6 Å². The zero-order valence-corrected chi connectivity index (χ0v) is 21.2. The van der Waals surface area contributed by atoms with Crippen LogP contribution in [0.5, 0.6) is 5.75 Å². The molecule has 2 aliphatic rings. The quantitative estimate of drug-likeness (QED) is 0.517. The summed E-state index contributed by atoms with van der Waals surface area (Å²) in [5.41, 5.74) is 5.14. The van der Waals surface area contributed by atoms with Crippen molar-refractivity contribution in [3.63, 3.8) is 0 Å². The number of hydrogen-bond donors (Lipinski definition) is 1. The Morgan fingerprint density at radius 1 is 1.03 bits per heavy atom. The van der Waals surface area contributed by atoms with Crippen LogP contribution in [0, 0.1) is 0 Å². The van der Waals surface area contributed by atoms with E-state index in [0.29, 0.717) is 18.2 Å². The molecule has 188 valence electrons. The van der Waals surface area contributed by atoms with Crippen LogP contribution in [-0.2, 0) is 17.9 Å². The fourth-order valence-corrected chi connectivity index (χ4v) is 5.35. The zero-order chi connectivity index (χ0) is 24.9. The third-order valence-corrected chi connectivity index (χ3v) is 7.19. The van der Waals surface area contributed by atoms with Crippen LogP contribution >= 0.6 is 0 Å². The van der Waals surface area contributed by atoms with E-state index >= 15 is 0 Å². The number of benzene rings is 2. The van der Waals surface area contributed by atoms with Crippen LogP contribution in [0.15, 0.2) is 54.7 Å². The molecule has 1 N–H and O–H groups in total. The molecule has 5 rings (SSSR count). The van der Waals surface area contributed by atoms with Crippen LogP contribution in [0.25, 0.3) is 11.3 Å². The molecule has 0 spiro atoms. The van der Waals surface area contributed by atoms with Gasteiger partial charge in [-0.15, -0.1) is 0 Å². The molecule has 1 fully saturated rings. The Morgan fingerprint density at radius 3 is 2.83 bits per heavy atom. The molecule has 2 aromatic carbocycles. The highest BCUT2D eigenvalue weighted by Crippen LogP contribution is 2.28. The van der Waals surface area contributed by atoms with E-state index in [1.165, 1.54) is 5.56 Å². The van der Waals surface area contributed by atoms with E-state index < -0.39 is 0 Å². The second-order valence-corrected chi connectivity index (χ2v) is 9.91. The van der Waals surface area contributed by atoms with Gasteiger partial charge in [-0.05, 0) is 87.8 Å². The first-order valence-corrected chi connectivity index (χ1v) is 12.9. The highest BCUT2D eigenvalue weighted by atomic mass is 16.5. The summed E-state index contributed by atoms with van der Waals surface area (Å²) >= 11 is 0. The Labute approximate surface area is 213 Å². The van der Waals surface area contributed by atoms with Crippen molar-refractivity contribution in [3.8, 4) is 17.0 Å². The van der Waals surface area contributed by atoms with Gasteiger partial charge in [0.2, 0.25) is 5.95 Å². The zero-order valence-electron chi connectivity index (χ0n) is 21.2. The third kappa shape index (κ3) is 5.74. The molecule has 7 heteroatoms. The van der Waals surface area contributed by atoms with Crippen LogP contribution < -0.4 is 10.1 Å². The number of anilines is 2. The molecule has 3 heterocycles. The van der Waals surface area contributed by atoms with Crippen LogP contribution in [-0.4, -0.2) is 58.8 Å². The molecule has 0 saturated carbocycles.